The van der Waals surface area contributed by atoms with Crippen LogP contribution in [0.5, 0.6) is 0 Å². The monoisotopic (exact) mass is 253 g/mol. The molecule has 1 aliphatic rings. The molecule has 0 aliphatic carbocycles. The lowest BCUT2D eigenvalue weighted by Crippen LogP contribution is -2.13. The van der Waals surface area contributed by atoms with Gasteiger partial charge in [-0.2, -0.15) is 0 Å². The maximum absolute atomic E-state index is 6.06. The van der Waals surface area contributed by atoms with Gasteiger partial charge < -0.3 is 10.5 Å². The number of rotatable bonds is 2. The Balaban J connectivity index is 2.22. The third-order valence-electron chi connectivity index (χ3n) is 2.25. The van der Waals surface area contributed by atoms with Gasteiger partial charge in [0.05, 0.1) is 12.6 Å². The van der Waals surface area contributed by atoms with E-state index in [4.69, 9.17) is 10.5 Å². The van der Waals surface area contributed by atoms with Gasteiger partial charge in [-0.3, -0.25) is 0 Å². The van der Waals surface area contributed by atoms with Crippen molar-refractivity contribution in [3.8, 4) is 0 Å². The van der Waals surface area contributed by atoms with Gasteiger partial charge in [0.15, 0.2) is 0 Å². The average Bonchev–Trinajstić information content (AvgIpc) is 2.69. The maximum atomic E-state index is 6.06. The molecule has 2 rings (SSSR count). The minimum absolute atomic E-state index is 0.130. The Labute approximate surface area is 91.9 Å². The van der Waals surface area contributed by atoms with Gasteiger partial charge in [-0.25, -0.2) is 0 Å². The zero-order valence-corrected chi connectivity index (χ0v) is 9.33. The van der Waals surface area contributed by atoms with E-state index in [0.717, 1.165) is 28.8 Å². The Hall–Kier alpha value is -0.800. The van der Waals surface area contributed by atoms with Crippen molar-refractivity contribution in [2.45, 2.75) is 12.5 Å². The molecule has 0 aromatic heterocycles. The van der Waals surface area contributed by atoms with Crippen LogP contribution in [0.4, 0.5) is 0 Å². The summed E-state index contributed by atoms with van der Waals surface area (Å²) in [7, 11) is 0. The molecular weight excluding hydrogens is 242 g/mol. The predicted molar refractivity (Wildman–Crippen MR) is 59.7 cm³/mol. The molecule has 1 aliphatic heterocycles. The number of benzene rings is 1. The number of nitrogens with two attached hydrogens (primary N) is 1. The minimum atomic E-state index is -0.130. The van der Waals surface area contributed by atoms with Gasteiger partial charge >= 0.3 is 0 Å². The summed E-state index contributed by atoms with van der Waals surface area (Å²) >= 11 is 3.42. The van der Waals surface area contributed by atoms with Crippen LogP contribution in [0.2, 0.25) is 0 Å². The molecule has 0 saturated carbocycles. The molecule has 1 unspecified atom stereocenters. The molecule has 2 nitrogen and oxygen atoms in total. The lowest BCUT2D eigenvalue weighted by atomic mass is 10.1. The third kappa shape index (κ3) is 1.99. The lowest BCUT2D eigenvalue weighted by molar-refractivity contribution is 0.225. The van der Waals surface area contributed by atoms with Gasteiger partial charge in [0.25, 0.3) is 0 Å². The zero-order chi connectivity index (χ0) is 9.97. The van der Waals surface area contributed by atoms with Gasteiger partial charge in [0.1, 0.15) is 5.76 Å². The molecule has 0 spiro atoms. The van der Waals surface area contributed by atoms with Crippen LogP contribution in [0.25, 0.3) is 0 Å². The van der Waals surface area contributed by atoms with E-state index in [9.17, 15) is 0 Å². The van der Waals surface area contributed by atoms with Crippen molar-refractivity contribution in [3.05, 3.63) is 46.1 Å². The summed E-state index contributed by atoms with van der Waals surface area (Å²) in [4.78, 5) is 0. The Bertz CT molecular complexity index is 362. The normalized spacial score (nSPS) is 17.4. The van der Waals surface area contributed by atoms with Gasteiger partial charge in [-0.15, -0.1) is 0 Å². The average molecular weight is 254 g/mol. The molecule has 2 N–H and O–H groups in total. The summed E-state index contributed by atoms with van der Waals surface area (Å²) in [5, 5.41) is 0. The highest BCUT2D eigenvalue weighted by atomic mass is 79.9. The van der Waals surface area contributed by atoms with E-state index < -0.39 is 0 Å². The standard InChI is InChI=1S/C11H12BrNO/c12-9-4-1-3-8(7-9)11(13)10-5-2-6-14-10/h1,3-5,7,11H,2,6,13H2. The van der Waals surface area contributed by atoms with E-state index >= 15 is 0 Å². The second kappa shape index (κ2) is 4.15. The van der Waals surface area contributed by atoms with Crippen LogP contribution < -0.4 is 5.73 Å². The second-order valence-electron chi connectivity index (χ2n) is 3.28. The van der Waals surface area contributed by atoms with Crippen LogP contribution in [0, 0.1) is 0 Å². The summed E-state index contributed by atoms with van der Waals surface area (Å²) in [6.45, 7) is 0.761. The van der Waals surface area contributed by atoms with Crippen molar-refractivity contribution in [1.82, 2.24) is 0 Å². The van der Waals surface area contributed by atoms with Gasteiger partial charge in [0.2, 0.25) is 0 Å². The molecule has 0 fully saturated rings. The summed E-state index contributed by atoms with van der Waals surface area (Å²) in [6, 6.07) is 7.87. The van der Waals surface area contributed by atoms with Crippen molar-refractivity contribution >= 4 is 15.9 Å². The van der Waals surface area contributed by atoms with Crippen LogP contribution in [0.3, 0.4) is 0 Å². The fourth-order valence-corrected chi connectivity index (χ4v) is 1.93. The van der Waals surface area contributed by atoms with Crippen molar-refractivity contribution in [1.29, 1.82) is 0 Å². The molecular formula is C11H12BrNO. The SMILES string of the molecule is NC(C1=CCCO1)c1cccc(Br)c1. The lowest BCUT2D eigenvalue weighted by Gasteiger charge is -2.13. The fourth-order valence-electron chi connectivity index (χ4n) is 1.52. The third-order valence-corrected chi connectivity index (χ3v) is 2.74. The van der Waals surface area contributed by atoms with Gasteiger partial charge in [-0.1, -0.05) is 28.1 Å². The molecule has 74 valence electrons. The Kier molecular flexibility index (Phi) is 2.89. The molecule has 14 heavy (non-hydrogen) atoms. The van der Waals surface area contributed by atoms with Crippen LogP contribution in [-0.2, 0) is 4.74 Å². The largest absolute Gasteiger partial charge is 0.496 e. The van der Waals surface area contributed by atoms with Crippen LogP contribution in [0.15, 0.2) is 40.6 Å². The van der Waals surface area contributed by atoms with Gasteiger partial charge in [0, 0.05) is 10.9 Å². The van der Waals surface area contributed by atoms with Crippen LogP contribution in [-0.4, -0.2) is 6.61 Å². The molecule has 0 saturated heterocycles. The molecule has 1 aromatic rings. The van der Waals surface area contributed by atoms with E-state index in [1.165, 1.54) is 0 Å². The summed E-state index contributed by atoms with van der Waals surface area (Å²) in [5.41, 5.74) is 7.13. The van der Waals surface area contributed by atoms with Crippen molar-refractivity contribution in [2.75, 3.05) is 6.61 Å². The Morgan fingerprint density at radius 1 is 1.43 bits per heavy atom. The number of hydrogen-bond donors (Lipinski definition) is 1. The molecule has 1 aromatic carbocycles. The first kappa shape index (κ1) is 9.74. The van der Waals surface area contributed by atoms with E-state index in [1.54, 1.807) is 0 Å². The first-order valence-electron chi connectivity index (χ1n) is 4.61. The Morgan fingerprint density at radius 2 is 2.29 bits per heavy atom. The Morgan fingerprint density at radius 3 is 2.93 bits per heavy atom. The minimum Gasteiger partial charge on any atom is -0.496 e. The first-order valence-corrected chi connectivity index (χ1v) is 5.40. The van der Waals surface area contributed by atoms with Crippen LogP contribution in [0.1, 0.15) is 18.0 Å². The molecule has 1 atom stereocenters. The smallest absolute Gasteiger partial charge is 0.113 e. The highest BCUT2D eigenvalue weighted by Crippen LogP contribution is 2.25. The molecule has 0 bridgehead atoms. The maximum Gasteiger partial charge on any atom is 0.113 e. The highest BCUT2D eigenvalue weighted by molar-refractivity contribution is 9.10. The van der Waals surface area contributed by atoms with Crippen LogP contribution >= 0.6 is 15.9 Å². The topological polar surface area (TPSA) is 35.2 Å². The van der Waals surface area contributed by atoms with Crippen molar-refractivity contribution in [2.24, 2.45) is 5.73 Å². The first-order chi connectivity index (χ1) is 6.77. The number of halogens is 1. The molecule has 0 amide bonds. The molecule has 1 heterocycles. The summed E-state index contributed by atoms with van der Waals surface area (Å²) < 4.78 is 6.48. The zero-order valence-electron chi connectivity index (χ0n) is 7.74. The second-order valence-corrected chi connectivity index (χ2v) is 4.19. The van der Waals surface area contributed by atoms with E-state index in [2.05, 4.69) is 22.0 Å². The number of ether oxygens (including phenoxy) is 1. The quantitative estimate of drug-likeness (QED) is 0.880. The summed E-state index contributed by atoms with van der Waals surface area (Å²) in [6.07, 6.45) is 3.03. The molecule has 0 radical (unpaired) electrons. The van der Waals surface area contributed by atoms with E-state index in [-0.39, 0.29) is 6.04 Å². The fraction of sp³-hybridized carbons (Fsp3) is 0.273. The summed E-state index contributed by atoms with van der Waals surface area (Å²) in [5.74, 6) is 0.892. The van der Waals surface area contributed by atoms with Crippen molar-refractivity contribution < 1.29 is 4.74 Å². The highest BCUT2D eigenvalue weighted by Gasteiger charge is 2.16. The van der Waals surface area contributed by atoms with E-state index in [0.29, 0.717) is 0 Å². The predicted octanol–water partition coefficient (Wildman–Crippen LogP) is 2.75. The van der Waals surface area contributed by atoms with Gasteiger partial charge in [-0.05, 0) is 23.8 Å². The number of hydrogen-bond acceptors (Lipinski definition) is 2. The van der Waals surface area contributed by atoms with E-state index in [1.807, 2.05) is 24.3 Å². The van der Waals surface area contributed by atoms with Crippen molar-refractivity contribution in [3.63, 3.8) is 0 Å². The molecule has 3 heteroatoms.